The summed E-state index contributed by atoms with van der Waals surface area (Å²) in [4.78, 5) is 0. The van der Waals surface area contributed by atoms with Gasteiger partial charge in [0, 0.05) is 29.7 Å². The quantitative estimate of drug-likeness (QED) is 0.719. The molecule has 0 aliphatic carbocycles. The Labute approximate surface area is 159 Å². The zero-order valence-corrected chi connectivity index (χ0v) is 16.5. The molecule has 0 amide bonds. The van der Waals surface area contributed by atoms with Crippen LogP contribution in [0.3, 0.4) is 0 Å². The average molecular weight is 378 g/mol. The van der Waals surface area contributed by atoms with Gasteiger partial charge < -0.3 is 33.5 Å². The van der Waals surface area contributed by atoms with Gasteiger partial charge in [0.25, 0.3) is 0 Å². The van der Waals surface area contributed by atoms with E-state index in [1.54, 1.807) is 52.7 Å². The van der Waals surface area contributed by atoms with E-state index in [0.29, 0.717) is 40.1 Å². The molecule has 0 saturated heterocycles. The van der Waals surface area contributed by atoms with Crippen molar-refractivity contribution in [3.63, 3.8) is 0 Å². The van der Waals surface area contributed by atoms with Crippen LogP contribution >= 0.6 is 0 Å². The van der Waals surface area contributed by atoms with Crippen LogP contribution in [-0.4, -0.2) is 47.8 Å². The molecule has 0 bridgehead atoms. The van der Waals surface area contributed by atoms with E-state index in [1.165, 1.54) is 14.2 Å². The smallest absolute Gasteiger partial charge is 0.166 e. The fourth-order valence-corrected chi connectivity index (χ4v) is 2.94. The molecule has 0 aliphatic rings. The van der Waals surface area contributed by atoms with Gasteiger partial charge in [-0.05, 0) is 12.1 Å². The predicted molar refractivity (Wildman–Crippen MR) is 101 cm³/mol. The molecule has 0 fully saturated rings. The van der Waals surface area contributed by atoms with Crippen molar-refractivity contribution in [2.75, 3.05) is 42.7 Å². The summed E-state index contributed by atoms with van der Waals surface area (Å²) in [5.74, 6) is 3.13. The first-order valence-electron chi connectivity index (χ1n) is 8.29. The molecule has 1 atom stereocenters. The molecule has 0 saturated carbocycles. The van der Waals surface area contributed by atoms with Gasteiger partial charge >= 0.3 is 0 Å². The lowest BCUT2D eigenvalue weighted by Crippen LogP contribution is -2.08. The van der Waals surface area contributed by atoms with Gasteiger partial charge in [-0.2, -0.15) is 0 Å². The Hall–Kier alpha value is -2.80. The van der Waals surface area contributed by atoms with E-state index in [-0.39, 0.29) is 6.42 Å². The number of benzene rings is 2. The molecule has 7 heteroatoms. The lowest BCUT2D eigenvalue weighted by Gasteiger charge is -2.20. The van der Waals surface area contributed by atoms with Crippen molar-refractivity contribution in [3.8, 4) is 34.5 Å². The van der Waals surface area contributed by atoms with Crippen LogP contribution in [0, 0.1) is 0 Å². The van der Waals surface area contributed by atoms with E-state index in [9.17, 15) is 5.11 Å². The van der Waals surface area contributed by atoms with Crippen molar-refractivity contribution < 1.29 is 33.5 Å². The third-order valence-electron chi connectivity index (χ3n) is 4.25. The van der Waals surface area contributed by atoms with Crippen LogP contribution in [0.1, 0.15) is 17.2 Å². The second kappa shape index (κ2) is 9.23. The molecule has 2 rings (SSSR count). The summed E-state index contributed by atoms with van der Waals surface area (Å²) in [5, 5.41) is 10.9. The Morgan fingerprint density at radius 3 is 1.67 bits per heavy atom. The highest BCUT2D eigenvalue weighted by atomic mass is 16.5. The molecule has 2 aromatic carbocycles. The lowest BCUT2D eigenvalue weighted by atomic mass is 9.98. The number of methoxy groups -OCH3 is 6. The van der Waals surface area contributed by atoms with Gasteiger partial charge in [-0.25, -0.2) is 0 Å². The molecule has 2 aromatic rings. The molecule has 0 heterocycles. The predicted octanol–water partition coefficient (Wildman–Crippen LogP) is 3.01. The minimum absolute atomic E-state index is 0.239. The summed E-state index contributed by atoms with van der Waals surface area (Å²) in [6.45, 7) is 0. The fraction of sp³-hybridized carbons (Fsp3) is 0.400. The maximum atomic E-state index is 10.9. The van der Waals surface area contributed by atoms with Gasteiger partial charge in [-0.3, -0.25) is 0 Å². The number of hydrogen-bond donors (Lipinski definition) is 1. The van der Waals surface area contributed by atoms with E-state index >= 15 is 0 Å². The Kier molecular flexibility index (Phi) is 7.01. The standard InChI is InChI=1S/C20H26O7/c1-22-13-7-12(19(26-5)17(10-13)24-3)8-16(21)15-9-14(23-2)11-18(25-4)20(15)27-6/h7,9-11,16,21H,8H2,1-6H3. The van der Waals surface area contributed by atoms with Crippen molar-refractivity contribution >= 4 is 0 Å². The van der Waals surface area contributed by atoms with E-state index < -0.39 is 6.10 Å². The highest BCUT2D eigenvalue weighted by molar-refractivity contribution is 5.55. The summed E-state index contributed by atoms with van der Waals surface area (Å²) in [7, 11) is 9.27. The van der Waals surface area contributed by atoms with Crippen LogP contribution in [0.5, 0.6) is 34.5 Å². The van der Waals surface area contributed by atoms with Crippen molar-refractivity contribution in [3.05, 3.63) is 35.4 Å². The normalized spacial score (nSPS) is 11.5. The molecule has 1 N–H and O–H groups in total. The van der Waals surface area contributed by atoms with Crippen LogP contribution in [-0.2, 0) is 6.42 Å². The van der Waals surface area contributed by atoms with Crippen LogP contribution in [0.2, 0.25) is 0 Å². The van der Waals surface area contributed by atoms with Gasteiger partial charge in [0.1, 0.15) is 11.5 Å². The summed E-state index contributed by atoms with van der Waals surface area (Å²) < 4.78 is 32.3. The first kappa shape index (κ1) is 20.5. The van der Waals surface area contributed by atoms with Gasteiger partial charge in [-0.1, -0.05) is 0 Å². The Morgan fingerprint density at radius 2 is 1.19 bits per heavy atom. The highest BCUT2D eigenvalue weighted by Crippen LogP contribution is 2.42. The largest absolute Gasteiger partial charge is 0.497 e. The second-order valence-corrected chi connectivity index (χ2v) is 5.69. The van der Waals surface area contributed by atoms with Crippen molar-refractivity contribution in [1.82, 2.24) is 0 Å². The van der Waals surface area contributed by atoms with Crippen LogP contribution in [0.25, 0.3) is 0 Å². The van der Waals surface area contributed by atoms with E-state index in [4.69, 9.17) is 28.4 Å². The SMILES string of the molecule is COc1cc(CC(O)c2cc(OC)cc(OC)c2OC)c(OC)c(OC)c1. The number of rotatable bonds is 9. The molecular formula is C20H26O7. The molecular weight excluding hydrogens is 352 g/mol. The Balaban J connectivity index is 2.50. The monoisotopic (exact) mass is 378 g/mol. The van der Waals surface area contributed by atoms with Crippen LogP contribution in [0.4, 0.5) is 0 Å². The summed E-state index contributed by atoms with van der Waals surface area (Å²) in [6.07, 6.45) is -0.668. The third-order valence-corrected chi connectivity index (χ3v) is 4.25. The van der Waals surface area contributed by atoms with Gasteiger partial charge in [0.15, 0.2) is 23.0 Å². The van der Waals surface area contributed by atoms with Crippen molar-refractivity contribution in [1.29, 1.82) is 0 Å². The zero-order valence-electron chi connectivity index (χ0n) is 16.5. The molecule has 0 aliphatic heterocycles. The number of aliphatic hydroxyl groups is 1. The number of aliphatic hydroxyl groups excluding tert-OH is 1. The minimum Gasteiger partial charge on any atom is -0.497 e. The first-order chi connectivity index (χ1) is 13.0. The Morgan fingerprint density at radius 1 is 0.667 bits per heavy atom. The molecule has 0 radical (unpaired) electrons. The summed E-state index contributed by atoms with van der Waals surface area (Å²) in [5.41, 5.74) is 1.27. The molecule has 0 spiro atoms. The number of ether oxygens (including phenoxy) is 6. The summed E-state index contributed by atoms with van der Waals surface area (Å²) >= 11 is 0. The van der Waals surface area contributed by atoms with E-state index in [2.05, 4.69) is 0 Å². The topological polar surface area (TPSA) is 75.6 Å². The van der Waals surface area contributed by atoms with Crippen LogP contribution in [0.15, 0.2) is 24.3 Å². The molecule has 1 unspecified atom stereocenters. The van der Waals surface area contributed by atoms with Crippen molar-refractivity contribution in [2.45, 2.75) is 12.5 Å². The van der Waals surface area contributed by atoms with E-state index in [1.807, 2.05) is 0 Å². The van der Waals surface area contributed by atoms with Crippen molar-refractivity contribution in [2.24, 2.45) is 0 Å². The van der Waals surface area contributed by atoms with Gasteiger partial charge in [0.05, 0.1) is 48.8 Å². The third kappa shape index (κ3) is 4.31. The molecule has 27 heavy (non-hydrogen) atoms. The maximum absolute atomic E-state index is 10.9. The van der Waals surface area contributed by atoms with Crippen LogP contribution < -0.4 is 28.4 Å². The fourth-order valence-electron chi connectivity index (χ4n) is 2.94. The van der Waals surface area contributed by atoms with E-state index in [0.717, 1.165) is 5.56 Å². The van der Waals surface area contributed by atoms with Gasteiger partial charge in [0.2, 0.25) is 0 Å². The highest BCUT2D eigenvalue weighted by Gasteiger charge is 2.23. The lowest BCUT2D eigenvalue weighted by molar-refractivity contribution is 0.171. The second-order valence-electron chi connectivity index (χ2n) is 5.69. The average Bonchev–Trinajstić information content (AvgIpc) is 2.71. The molecule has 148 valence electrons. The zero-order chi connectivity index (χ0) is 20.0. The first-order valence-corrected chi connectivity index (χ1v) is 8.29. The Bertz CT molecular complexity index is 773. The van der Waals surface area contributed by atoms with Gasteiger partial charge in [-0.15, -0.1) is 0 Å². The number of hydrogen-bond acceptors (Lipinski definition) is 7. The summed E-state index contributed by atoms with van der Waals surface area (Å²) in [6, 6.07) is 6.94. The molecule has 0 aromatic heterocycles. The molecule has 7 nitrogen and oxygen atoms in total. The maximum Gasteiger partial charge on any atom is 0.166 e. The minimum atomic E-state index is -0.908.